The molecular formula is C13H16N2O5. The summed E-state index contributed by atoms with van der Waals surface area (Å²) in [6.07, 6.45) is 0.465. The number of carbonyl (C=O) groups is 1. The molecule has 1 aliphatic heterocycles. The summed E-state index contributed by atoms with van der Waals surface area (Å²) in [4.78, 5) is 23.2. The van der Waals surface area contributed by atoms with Crippen LogP contribution in [0, 0.1) is 10.1 Å². The summed E-state index contributed by atoms with van der Waals surface area (Å²) in [7, 11) is 0. The van der Waals surface area contributed by atoms with Gasteiger partial charge in [-0.05, 0) is 12.1 Å². The number of morpholine rings is 1. The standard InChI is InChI=1S/C13H16N2O5/c16-10-11-9-12(1-2-13(11)15(17)18)20-8-5-14-3-6-19-7-4-14/h1-2,9-10H,3-8H2. The molecule has 0 spiro atoms. The SMILES string of the molecule is O=Cc1cc(OCCN2CCOCC2)ccc1[N+](=O)[O-]. The largest absolute Gasteiger partial charge is 0.492 e. The molecular weight excluding hydrogens is 264 g/mol. The van der Waals surface area contributed by atoms with Crippen molar-refractivity contribution in [1.82, 2.24) is 4.90 Å². The maximum Gasteiger partial charge on any atom is 0.280 e. The number of nitro benzene ring substituents is 1. The first-order valence-corrected chi connectivity index (χ1v) is 6.37. The molecule has 0 aliphatic carbocycles. The number of hydrogen-bond donors (Lipinski definition) is 0. The van der Waals surface area contributed by atoms with E-state index in [0.29, 0.717) is 18.6 Å². The molecule has 1 saturated heterocycles. The monoisotopic (exact) mass is 280 g/mol. The Morgan fingerprint density at radius 1 is 1.40 bits per heavy atom. The molecule has 1 aromatic rings. The van der Waals surface area contributed by atoms with Gasteiger partial charge >= 0.3 is 0 Å². The van der Waals surface area contributed by atoms with Crippen molar-refractivity contribution in [3.8, 4) is 5.75 Å². The van der Waals surface area contributed by atoms with Gasteiger partial charge < -0.3 is 9.47 Å². The molecule has 0 atom stereocenters. The Hall–Kier alpha value is -1.99. The lowest BCUT2D eigenvalue weighted by molar-refractivity contribution is -0.385. The molecule has 0 saturated carbocycles. The lowest BCUT2D eigenvalue weighted by Gasteiger charge is -2.26. The summed E-state index contributed by atoms with van der Waals surface area (Å²) < 4.78 is 10.8. The summed E-state index contributed by atoms with van der Waals surface area (Å²) in [5.74, 6) is 0.464. The normalized spacial score (nSPS) is 15.8. The summed E-state index contributed by atoms with van der Waals surface area (Å²) in [5.41, 5.74) is -0.181. The zero-order chi connectivity index (χ0) is 14.4. The topological polar surface area (TPSA) is 81.9 Å². The molecule has 7 nitrogen and oxygen atoms in total. The third kappa shape index (κ3) is 3.75. The molecule has 1 aromatic carbocycles. The molecule has 0 bridgehead atoms. The number of aldehydes is 1. The summed E-state index contributed by atoms with van der Waals surface area (Å²) in [6, 6.07) is 4.18. The Morgan fingerprint density at radius 3 is 2.80 bits per heavy atom. The molecule has 0 radical (unpaired) electrons. The van der Waals surface area contributed by atoms with Crippen LogP contribution in [0.15, 0.2) is 18.2 Å². The second-order valence-electron chi connectivity index (χ2n) is 4.40. The molecule has 0 aromatic heterocycles. The van der Waals surface area contributed by atoms with E-state index in [9.17, 15) is 14.9 Å². The maximum atomic E-state index is 10.8. The Bertz CT molecular complexity index is 486. The van der Waals surface area contributed by atoms with Crippen molar-refractivity contribution in [3.05, 3.63) is 33.9 Å². The highest BCUT2D eigenvalue weighted by molar-refractivity contribution is 5.82. The average Bonchev–Trinajstić information content (AvgIpc) is 2.48. The highest BCUT2D eigenvalue weighted by Gasteiger charge is 2.14. The number of rotatable bonds is 6. The van der Waals surface area contributed by atoms with Gasteiger partial charge in [0.15, 0.2) is 6.29 Å². The molecule has 0 unspecified atom stereocenters. The van der Waals surface area contributed by atoms with Crippen LogP contribution in [0.25, 0.3) is 0 Å². The minimum atomic E-state index is -0.582. The zero-order valence-corrected chi connectivity index (χ0v) is 11.0. The fraction of sp³-hybridized carbons (Fsp3) is 0.462. The lowest BCUT2D eigenvalue weighted by Crippen LogP contribution is -2.38. The minimum absolute atomic E-state index is 0.0267. The van der Waals surface area contributed by atoms with Gasteiger partial charge in [-0.1, -0.05) is 0 Å². The van der Waals surface area contributed by atoms with E-state index in [1.165, 1.54) is 18.2 Å². The number of carbonyl (C=O) groups excluding carboxylic acids is 1. The van der Waals surface area contributed by atoms with E-state index in [4.69, 9.17) is 9.47 Å². The first-order chi connectivity index (χ1) is 9.70. The van der Waals surface area contributed by atoms with Crippen molar-refractivity contribution in [3.63, 3.8) is 0 Å². The number of hydrogen-bond acceptors (Lipinski definition) is 6. The summed E-state index contributed by atoms with van der Waals surface area (Å²) in [5, 5.41) is 10.7. The number of nitrogens with zero attached hydrogens (tertiary/aromatic N) is 2. The second-order valence-corrected chi connectivity index (χ2v) is 4.40. The second kappa shape index (κ2) is 6.97. The van der Waals surface area contributed by atoms with Gasteiger partial charge in [-0.3, -0.25) is 19.8 Å². The molecule has 1 heterocycles. The fourth-order valence-electron chi connectivity index (χ4n) is 2.00. The van der Waals surface area contributed by atoms with Gasteiger partial charge in [0, 0.05) is 25.7 Å². The third-order valence-electron chi connectivity index (χ3n) is 3.10. The van der Waals surface area contributed by atoms with E-state index in [1.54, 1.807) is 0 Å². The van der Waals surface area contributed by atoms with Crippen LogP contribution in [0.2, 0.25) is 0 Å². The summed E-state index contributed by atoms with van der Waals surface area (Å²) >= 11 is 0. The van der Waals surface area contributed by atoms with E-state index in [0.717, 1.165) is 32.8 Å². The molecule has 108 valence electrons. The number of nitro groups is 1. The van der Waals surface area contributed by atoms with Crippen LogP contribution < -0.4 is 4.74 Å². The van der Waals surface area contributed by atoms with Crippen LogP contribution in [0.4, 0.5) is 5.69 Å². The highest BCUT2D eigenvalue weighted by Crippen LogP contribution is 2.22. The molecule has 1 aliphatic rings. The van der Waals surface area contributed by atoms with Crippen LogP contribution in [-0.2, 0) is 4.74 Å². The predicted octanol–water partition coefficient (Wildman–Crippen LogP) is 1.12. The average molecular weight is 280 g/mol. The van der Waals surface area contributed by atoms with Gasteiger partial charge in [0.05, 0.1) is 23.7 Å². The van der Waals surface area contributed by atoms with Crippen LogP contribution in [0.1, 0.15) is 10.4 Å². The Balaban J connectivity index is 1.89. The van der Waals surface area contributed by atoms with E-state index < -0.39 is 4.92 Å². The number of benzene rings is 1. The molecule has 20 heavy (non-hydrogen) atoms. The minimum Gasteiger partial charge on any atom is -0.492 e. The van der Waals surface area contributed by atoms with E-state index in [2.05, 4.69) is 4.90 Å². The molecule has 0 N–H and O–H groups in total. The van der Waals surface area contributed by atoms with Crippen molar-refractivity contribution in [2.45, 2.75) is 0 Å². The van der Waals surface area contributed by atoms with Crippen molar-refractivity contribution < 1.29 is 19.2 Å². The van der Waals surface area contributed by atoms with E-state index in [1.807, 2.05) is 0 Å². The van der Waals surface area contributed by atoms with Gasteiger partial charge in [-0.15, -0.1) is 0 Å². The third-order valence-corrected chi connectivity index (χ3v) is 3.10. The van der Waals surface area contributed by atoms with Gasteiger partial charge in [0.2, 0.25) is 0 Å². The fourth-order valence-corrected chi connectivity index (χ4v) is 2.00. The van der Waals surface area contributed by atoms with Gasteiger partial charge in [0.1, 0.15) is 12.4 Å². The van der Waals surface area contributed by atoms with Gasteiger partial charge in [0.25, 0.3) is 5.69 Å². The van der Waals surface area contributed by atoms with Crippen molar-refractivity contribution in [1.29, 1.82) is 0 Å². The smallest absolute Gasteiger partial charge is 0.280 e. The lowest BCUT2D eigenvalue weighted by atomic mass is 10.2. The first-order valence-electron chi connectivity index (χ1n) is 6.37. The molecule has 7 heteroatoms. The van der Waals surface area contributed by atoms with Crippen LogP contribution in [0.5, 0.6) is 5.75 Å². The predicted molar refractivity (Wildman–Crippen MR) is 71.2 cm³/mol. The summed E-state index contributed by atoms with van der Waals surface area (Å²) in [6.45, 7) is 4.44. The first kappa shape index (κ1) is 14.4. The van der Waals surface area contributed by atoms with Crippen molar-refractivity contribution in [2.75, 3.05) is 39.5 Å². The maximum absolute atomic E-state index is 10.8. The highest BCUT2D eigenvalue weighted by atomic mass is 16.6. The Kier molecular flexibility index (Phi) is 5.03. The van der Waals surface area contributed by atoms with Crippen molar-refractivity contribution in [2.24, 2.45) is 0 Å². The van der Waals surface area contributed by atoms with E-state index in [-0.39, 0.29) is 11.3 Å². The van der Waals surface area contributed by atoms with Crippen molar-refractivity contribution >= 4 is 12.0 Å². The van der Waals surface area contributed by atoms with Crippen LogP contribution >= 0.6 is 0 Å². The zero-order valence-electron chi connectivity index (χ0n) is 11.0. The number of ether oxygens (including phenoxy) is 2. The van der Waals surface area contributed by atoms with Crippen LogP contribution in [-0.4, -0.2) is 55.6 Å². The van der Waals surface area contributed by atoms with Gasteiger partial charge in [-0.25, -0.2) is 0 Å². The molecule has 0 amide bonds. The molecule has 2 rings (SSSR count). The van der Waals surface area contributed by atoms with Gasteiger partial charge in [-0.2, -0.15) is 0 Å². The Labute approximate surface area is 116 Å². The Morgan fingerprint density at radius 2 is 2.15 bits per heavy atom. The van der Waals surface area contributed by atoms with E-state index >= 15 is 0 Å². The molecule has 1 fully saturated rings. The van der Waals surface area contributed by atoms with Crippen LogP contribution in [0.3, 0.4) is 0 Å². The quantitative estimate of drug-likeness (QED) is 0.441.